The first-order chi connectivity index (χ1) is 8.88. The molecule has 1 heterocycles. The SMILES string of the molecule is CC1CN(Cc2ccccc2Cl)C(C(C)(C)C)CN1. The van der Waals surface area contributed by atoms with E-state index < -0.39 is 0 Å². The summed E-state index contributed by atoms with van der Waals surface area (Å²) in [5, 5.41) is 4.47. The van der Waals surface area contributed by atoms with Crippen molar-refractivity contribution in [1.29, 1.82) is 0 Å². The van der Waals surface area contributed by atoms with Crippen LogP contribution >= 0.6 is 11.6 Å². The number of nitrogens with zero attached hydrogens (tertiary/aromatic N) is 1. The number of rotatable bonds is 2. The van der Waals surface area contributed by atoms with E-state index in [1.165, 1.54) is 5.56 Å². The van der Waals surface area contributed by atoms with E-state index in [1.807, 2.05) is 12.1 Å². The molecule has 106 valence electrons. The molecule has 0 radical (unpaired) electrons. The van der Waals surface area contributed by atoms with Crippen LogP contribution < -0.4 is 5.32 Å². The number of halogens is 1. The van der Waals surface area contributed by atoms with E-state index in [4.69, 9.17) is 11.6 Å². The summed E-state index contributed by atoms with van der Waals surface area (Å²) < 4.78 is 0. The van der Waals surface area contributed by atoms with Crippen molar-refractivity contribution < 1.29 is 0 Å². The first-order valence-electron chi connectivity index (χ1n) is 7.09. The third-order valence-electron chi connectivity index (χ3n) is 3.94. The molecular formula is C16H25ClN2. The van der Waals surface area contributed by atoms with Gasteiger partial charge in [-0.2, -0.15) is 0 Å². The summed E-state index contributed by atoms with van der Waals surface area (Å²) in [6, 6.07) is 9.26. The van der Waals surface area contributed by atoms with Crippen molar-refractivity contribution in [3.05, 3.63) is 34.9 Å². The normalized spacial score (nSPS) is 25.5. The maximum Gasteiger partial charge on any atom is 0.0451 e. The number of hydrogen-bond acceptors (Lipinski definition) is 2. The van der Waals surface area contributed by atoms with E-state index in [2.05, 4.69) is 50.0 Å². The zero-order valence-corrected chi connectivity index (χ0v) is 13.2. The van der Waals surface area contributed by atoms with Crippen molar-refractivity contribution in [3.63, 3.8) is 0 Å². The summed E-state index contributed by atoms with van der Waals surface area (Å²) in [5.74, 6) is 0. The second-order valence-electron chi connectivity index (χ2n) is 6.71. The molecule has 2 atom stereocenters. The van der Waals surface area contributed by atoms with Crippen molar-refractivity contribution in [2.24, 2.45) is 5.41 Å². The fourth-order valence-electron chi connectivity index (χ4n) is 2.86. The molecule has 0 spiro atoms. The van der Waals surface area contributed by atoms with Gasteiger partial charge in [0.25, 0.3) is 0 Å². The second kappa shape index (κ2) is 5.82. The third kappa shape index (κ3) is 3.71. The van der Waals surface area contributed by atoms with Gasteiger partial charge in [-0.1, -0.05) is 50.6 Å². The van der Waals surface area contributed by atoms with Gasteiger partial charge < -0.3 is 5.32 Å². The van der Waals surface area contributed by atoms with Crippen LogP contribution in [0.4, 0.5) is 0 Å². The van der Waals surface area contributed by atoms with Crippen LogP contribution in [0.3, 0.4) is 0 Å². The van der Waals surface area contributed by atoms with E-state index in [0.29, 0.717) is 12.1 Å². The molecule has 1 N–H and O–H groups in total. The molecule has 1 saturated heterocycles. The predicted octanol–water partition coefficient (Wildman–Crippen LogP) is 3.55. The maximum atomic E-state index is 6.30. The molecule has 1 aliphatic rings. The lowest BCUT2D eigenvalue weighted by Crippen LogP contribution is -2.59. The lowest BCUT2D eigenvalue weighted by atomic mass is 9.83. The largest absolute Gasteiger partial charge is 0.311 e. The minimum atomic E-state index is 0.272. The minimum absolute atomic E-state index is 0.272. The molecule has 1 aromatic carbocycles. The lowest BCUT2D eigenvalue weighted by molar-refractivity contribution is 0.0526. The molecular weight excluding hydrogens is 256 g/mol. The van der Waals surface area contributed by atoms with Crippen molar-refractivity contribution in [3.8, 4) is 0 Å². The van der Waals surface area contributed by atoms with Crippen LogP contribution in [0.1, 0.15) is 33.3 Å². The van der Waals surface area contributed by atoms with E-state index >= 15 is 0 Å². The first kappa shape index (κ1) is 14.8. The molecule has 0 aromatic heterocycles. The monoisotopic (exact) mass is 280 g/mol. The summed E-state index contributed by atoms with van der Waals surface area (Å²) in [7, 11) is 0. The highest BCUT2D eigenvalue weighted by Crippen LogP contribution is 2.29. The highest BCUT2D eigenvalue weighted by Gasteiger charge is 2.34. The molecule has 1 aromatic rings. The molecule has 2 rings (SSSR count). The van der Waals surface area contributed by atoms with E-state index in [0.717, 1.165) is 24.7 Å². The Morgan fingerprint density at radius 1 is 1.32 bits per heavy atom. The van der Waals surface area contributed by atoms with Crippen molar-refractivity contribution in [2.75, 3.05) is 13.1 Å². The summed E-state index contributed by atoms with van der Waals surface area (Å²) in [5.41, 5.74) is 1.50. The smallest absolute Gasteiger partial charge is 0.0451 e. The Morgan fingerprint density at radius 2 is 2.00 bits per heavy atom. The van der Waals surface area contributed by atoms with Crippen molar-refractivity contribution in [1.82, 2.24) is 10.2 Å². The summed E-state index contributed by atoms with van der Waals surface area (Å²) in [6.07, 6.45) is 0. The van der Waals surface area contributed by atoms with Gasteiger partial charge in [0.1, 0.15) is 0 Å². The van der Waals surface area contributed by atoms with Gasteiger partial charge in [-0.05, 0) is 24.0 Å². The molecule has 3 heteroatoms. The van der Waals surface area contributed by atoms with E-state index in [1.54, 1.807) is 0 Å². The third-order valence-corrected chi connectivity index (χ3v) is 4.31. The molecule has 2 unspecified atom stereocenters. The molecule has 0 bridgehead atoms. The highest BCUT2D eigenvalue weighted by molar-refractivity contribution is 6.31. The average Bonchev–Trinajstić information content (AvgIpc) is 2.30. The van der Waals surface area contributed by atoms with Gasteiger partial charge >= 0.3 is 0 Å². The van der Waals surface area contributed by atoms with Crippen LogP contribution in [-0.2, 0) is 6.54 Å². The summed E-state index contributed by atoms with van der Waals surface area (Å²) in [4.78, 5) is 2.57. The van der Waals surface area contributed by atoms with Crippen molar-refractivity contribution >= 4 is 11.6 Å². The molecule has 19 heavy (non-hydrogen) atoms. The van der Waals surface area contributed by atoms with Crippen molar-refractivity contribution in [2.45, 2.75) is 46.3 Å². The molecule has 0 saturated carbocycles. The van der Waals surface area contributed by atoms with Gasteiger partial charge in [-0.3, -0.25) is 4.90 Å². The quantitative estimate of drug-likeness (QED) is 0.891. The van der Waals surface area contributed by atoms with Gasteiger partial charge in [-0.25, -0.2) is 0 Å². The predicted molar refractivity (Wildman–Crippen MR) is 82.6 cm³/mol. The number of nitrogens with one attached hydrogen (secondary N) is 1. The van der Waals surface area contributed by atoms with Gasteiger partial charge in [0.15, 0.2) is 0 Å². The molecule has 2 nitrogen and oxygen atoms in total. The topological polar surface area (TPSA) is 15.3 Å². The van der Waals surface area contributed by atoms with Gasteiger partial charge in [0.2, 0.25) is 0 Å². The van der Waals surface area contributed by atoms with E-state index in [-0.39, 0.29) is 5.41 Å². The van der Waals surface area contributed by atoms with Crippen LogP contribution in [0, 0.1) is 5.41 Å². The van der Waals surface area contributed by atoms with Crippen LogP contribution in [0.2, 0.25) is 5.02 Å². The first-order valence-corrected chi connectivity index (χ1v) is 7.46. The van der Waals surface area contributed by atoms with Gasteiger partial charge in [-0.15, -0.1) is 0 Å². The summed E-state index contributed by atoms with van der Waals surface area (Å²) in [6.45, 7) is 12.3. The average molecular weight is 281 g/mol. The number of piperazine rings is 1. The van der Waals surface area contributed by atoms with E-state index in [9.17, 15) is 0 Å². The Balaban J connectivity index is 2.17. The van der Waals surface area contributed by atoms with Crippen LogP contribution in [0.15, 0.2) is 24.3 Å². The molecule has 0 amide bonds. The van der Waals surface area contributed by atoms with Gasteiger partial charge in [0, 0.05) is 36.7 Å². The van der Waals surface area contributed by atoms with Crippen LogP contribution in [-0.4, -0.2) is 30.1 Å². The summed E-state index contributed by atoms with van der Waals surface area (Å²) >= 11 is 6.30. The highest BCUT2D eigenvalue weighted by atomic mass is 35.5. The zero-order valence-electron chi connectivity index (χ0n) is 12.4. The molecule has 1 aliphatic heterocycles. The lowest BCUT2D eigenvalue weighted by Gasteiger charge is -2.46. The Hall–Kier alpha value is -0.570. The fraction of sp³-hybridized carbons (Fsp3) is 0.625. The Bertz CT molecular complexity index is 425. The minimum Gasteiger partial charge on any atom is -0.311 e. The maximum absolute atomic E-state index is 6.30. The standard InChI is InChI=1S/C16H25ClN2/c1-12-10-19(15(9-18-12)16(2,3)4)11-13-7-5-6-8-14(13)17/h5-8,12,15,18H,9-11H2,1-4H3. The molecule has 1 fully saturated rings. The van der Waals surface area contributed by atoms with Crippen LogP contribution in [0.25, 0.3) is 0 Å². The zero-order chi connectivity index (χ0) is 14.0. The van der Waals surface area contributed by atoms with Crippen LogP contribution in [0.5, 0.6) is 0 Å². The second-order valence-corrected chi connectivity index (χ2v) is 7.12. The fourth-order valence-corrected chi connectivity index (χ4v) is 3.06. The Morgan fingerprint density at radius 3 is 2.63 bits per heavy atom. The number of hydrogen-bond donors (Lipinski definition) is 1. The Labute approximate surface area is 122 Å². The number of benzene rings is 1. The van der Waals surface area contributed by atoms with Gasteiger partial charge in [0.05, 0.1) is 0 Å². The Kier molecular flexibility index (Phi) is 4.54. The molecule has 0 aliphatic carbocycles.